The van der Waals surface area contributed by atoms with Crippen LogP contribution >= 0.6 is 0 Å². The summed E-state index contributed by atoms with van der Waals surface area (Å²) in [6.45, 7) is 4.82. The van der Waals surface area contributed by atoms with Crippen molar-refractivity contribution in [2.24, 2.45) is 0 Å². The number of nitrogens with one attached hydrogen (secondary N) is 1. The van der Waals surface area contributed by atoms with Gasteiger partial charge in [0, 0.05) is 12.6 Å². The van der Waals surface area contributed by atoms with Gasteiger partial charge in [-0.25, -0.2) is 8.42 Å². The van der Waals surface area contributed by atoms with Crippen molar-refractivity contribution >= 4 is 9.84 Å². The van der Waals surface area contributed by atoms with Crippen LogP contribution in [0.1, 0.15) is 33.1 Å². The van der Waals surface area contributed by atoms with Crippen molar-refractivity contribution in [3.63, 3.8) is 0 Å². The van der Waals surface area contributed by atoms with Crippen LogP contribution in [-0.2, 0) is 9.84 Å². The first-order chi connectivity index (χ1) is 6.06. The van der Waals surface area contributed by atoms with Gasteiger partial charge in [0.2, 0.25) is 0 Å². The maximum Gasteiger partial charge on any atom is 0.154 e. The van der Waals surface area contributed by atoms with Gasteiger partial charge in [0.25, 0.3) is 0 Å². The van der Waals surface area contributed by atoms with E-state index in [1.807, 2.05) is 0 Å². The van der Waals surface area contributed by atoms with E-state index in [1.54, 1.807) is 0 Å². The number of sulfone groups is 1. The monoisotopic (exact) mass is 205 g/mol. The summed E-state index contributed by atoms with van der Waals surface area (Å²) in [6.07, 6.45) is 2.73. The molecule has 0 radical (unpaired) electrons. The fourth-order valence-electron chi connectivity index (χ4n) is 1.56. The molecule has 1 saturated heterocycles. The van der Waals surface area contributed by atoms with Crippen LogP contribution in [0.4, 0.5) is 0 Å². The molecule has 2 atom stereocenters. The highest BCUT2D eigenvalue weighted by molar-refractivity contribution is 7.92. The van der Waals surface area contributed by atoms with Crippen LogP contribution in [0.15, 0.2) is 0 Å². The molecule has 0 aliphatic carbocycles. The van der Waals surface area contributed by atoms with E-state index in [1.165, 1.54) is 0 Å². The van der Waals surface area contributed by atoms with Crippen molar-refractivity contribution < 1.29 is 8.42 Å². The van der Waals surface area contributed by atoms with E-state index in [0.29, 0.717) is 18.3 Å². The fourth-order valence-corrected chi connectivity index (χ4v) is 3.34. The molecular weight excluding hydrogens is 186 g/mol. The molecule has 0 amide bonds. The normalized spacial score (nSPS) is 28.9. The summed E-state index contributed by atoms with van der Waals surface area (Å²) in [6, 6.07) is 0.427. The fraction of sp³-hybridized carbons (Fsp3) is 1.00. The van der Waals surface area contributed by atoms with Crippen LogP contribution in [0.5, 0.6) is 0 Å². The van der Waals surface area contributed by atoms with Crippen LogP contribution in [-0.4, -0.2) is 32.0 Å². The van der Waals surface area contributed by atoms with Gasteiger partial charge in [-0.1, -0.05) is 6.92 Å². The summed E-state index contributed by atoms with van der Waals surface area (Å²) >= 11 is 0. The second-order valence-corrected chi connectivity index (χ2v) is 6.25. The van der Waals surface area contributed by atoms with Crippen LogP contribution in [0.2, 0.25) is 0 Å². The van der Waals surface area contributed by atoms with Crippen molar-refractivity contribution in [2.45, 2.75) is 44.4 Å². The van der Waals surface area contributed by atoms with E-state index in [4.69, 9.17) is 0 Å². The quantitative estimate of drug-likeness (QED) is 0.743. The topological polar surface area (TPSA) is 46.2 Å². The lowest BCUT2D eigenvalue weighted by molar-refractivity contribution is 0.514. The molecular formula is C9H19NO2S. The largest absolute Gasteiger partial charge is 0.313 e. The highest BCUT2D eigenvalue weighted by Gasteiger charge is 2.30. The van der Waals surface area contributed by atoms with E-state index < -0.39 is 9.84 Å². The zero-order valence-electron chi connectivity index (χ0n) is 8.41. The van der Waals surface area contributed by atoms with Gasteiger partial charge in [0.1, 0.15) is 0 Å². The maximum atomic E-state index is 11.4. The van der Waals surface area contributed by atoms with Crippen LogP contribution in [0.3, 0.4) is 0 Å². The van der Waals surface area contributed by atoms with Crippen molar-refractivity contribution in [3.8, 4) is 0 Å². The summed E-state index contributed by atoms with van der Waals surface area (Å²) in [4.78, 5) is 0. The molecule has 0 aromatic rings. The molecule has 3 nitrogen and oxygen atoms in total. The van der Waals surface area contributed by atoms with E-state index in [-0.39, 0.29) is 5.25 Å². The lowest BCUT2D eigenvalue weighted by Gasteiger charge is -2.14. The van der Waals surface area contributed by atoms with E-state index in [2.05, 4.69) is 19.2 Å². The second kappa shape index (κ2) is 4.42. The second-order valence-electron chi connectivity index (χ2n) is 3.85. The van der Waals surface area contributed by atoms with Gasteiger partial charge in [-0.2, -0.15) is 0 Å². The molecule has 13 heavy (non-hydrogen) atoms. The van der Waals surface area contributed by atoms with Crippen molar-refractivity contribution in [3.05, 3.63) is 0 Å². The summed E-state index contributed by atoms with van der Waals surface area (Å²) in [5.74, 6) is 0.389. The smallest absolute Gasteiger partial charge is 0.154 e. The van der Waals surface area contributed by atoms with Crippen LogP contribution in [0.25, 0.3) is 0 Å². The molecule has 1 aliphatic rings. The van der Waals surface area contributed by atoms with E-state index >= 15 is 0 Å². The zero-order valence-corrected chi connectivity index (χ0v) is 9.23. The van der Waals surface area contributed by atoms with Crippen molar-refractivity contribution in [1.29, 1.82) is 0 Å². The predicted molar refractivity (Wildman–Crippen MR) is 54.6 cm³/mol. The molecule has 1 N–H and O–H groups in total. The van der Waals surface area contributed by atoms with Crippen molar-refractivity contribution in [1.82, 2.24) is 5.32 Å². The molecule has 0 aromatic carbocycles. The Bertz CT molecular complexity index is 248. The lowest BCUT2D eigenvalue weighted by atomic mass is 10.2. The summed E-state index contributed by atoms with van der Waals surface area (Å²) < 4.78 is 22.8. The van der Waals surface area contributed by atoms with Gasteiger partial charge in [-0.3, -0.25) is 0 Å². The predicted octanol–water partition coefficient (Wildman–Crippen LogP) is 0.952. The van der Waals surface area contributed by atoms with E-state index in [0.717, 1.165) is 19.3 Å². The number of hydrogen-bond acceptors (Lipinski definition) is 3. The first-order valence-electron chi connectivity index (χ1n) is 5.01. The van der Waals surface area contributed by atoms with Gasteiger partial charge in [0.05, 0.1) is 11.0 Å². The lowest BCUT2D eigenvalue weighted by Crippen LogP contribution is -2.35. The molecule has 1 rings (SSSR count). The molecule has 1 fully saturated rings. The van der Waals surface area contributed by atoms with Gasteiger partial charge < -0.3 is 5.32 Å². The molecule has 4 heteroatoms. The zero-order chi connectivity index (χ0) is 9.90. The highest BCUT2D eigenvalue weighted by Crippen LogP contribution is 2.19. The summed E-state index contributed by atoms with van der Waals surface area (Å²) in [7, 11) is -2.75. The number of hydrogen-bond donors (Lipinski definition) is 1. The molecule has 0 saturated carbocycles. The first kappa shape index (κ1) is 11.0. The maximum absolute atomic E-state index is 11.4. The molecule has 0 aromatic heterocycles. The van der Waals surface area contributed by atoms with Crippen LogP contribution < -0.4 is 5.32 Å². The molecule has 2 unspecified atom stereocenters. The van der Waals surface area contributed by atoms with Crippen LogP contribution in [0, 0.1) is 0 Å². The Morgan fingerprint density at radius 3 is 2.69 bits per heavy atom. The van der Waals surface area contributed by atoms with Gasteiger partial charge in [-0.15, -0.1) is 0 Å². The SMILES string of the molecule is CCC(C)NCC1CCCS1(=O)=O. The van der Waals surface area contributed by atoms with Gasteiger partial charge >= 0.3 is 0 Å². The minimum absolute atomic E-state index is 0.124. The average molecular weight is 205 g/mol. The summed E-state index contributed by atoms with van der Waals surface area (Å²) in [5, 5.41) is 3.13. The Hall–Kier alpha value is -0.0900. The Morgan fingerprint density at radius 2 is 2.23 bits per heavy atom. The Balaban J connectivity index is 2.37. The molecule has 0 spiro atoms. The van der Waals surface area contributed by atoms with E-state index in [9.17, 15) is 8.42 Å². The first-order valence-corrected chi connectivity index (χ1v) is 6.72. The molecule has 0 bridgehead atoms. The Labute approximate surface area is 80.8 Å². The molecule has 78 valence electrons. The third-order valence-corrected chi connectivity index (χ3v) is 5.04. The van der Waals surface area contributed by atoms with Crippen molar-refractivity contribution in [2.75, 3.05) is 12.3 Å². The third-order valence-electron chi connectivity index (χ3n) is 2.77. The van der Waals surface area contributed by atoms with Gasteiger partial charge in [0.15, 0.2) is 9.84 Å². The Kier molecular flexibility index (Phi) is 3.74. The minimum atomic E-state index is -2.75. The minimum Gasteiger partial charge on any atom is -0.313 e. The molecule has 1 heterocycles. The average Bonchev–Trinajstić information content (AvgIpc) is 2.41. The summed E-state index contributed by atoms with van der Waals surface area (Å²) in [5.41, 5.74) is 0. The third kappa shape index (κ3) is 2.95. The Morgan fingerprint density at radius 1 is 1.54 bits per heavy atom. The van der Waals surface area contributed by atoms with Gasteiger partial charge in [-0.05, 0) is 26.2 Å². The highest BCUT2D eigenvalue weighted by atomic mass is 32.2. The molecule has 1 aliphatic heterocycles. The number of rotatable bonds is 4. The standard InChI is InChI=1S/C9H19NO2S/c1-3-8(2)10-7-9-5-4-6-13(9,11)12/h8-10H,3-7H2,1-2H3.